The molecule has 0 saturated carbocycles. The maximum absolute atomic E-state index is 12.7. The minimum absolute atomic E-state index is 0.00129. The van der Waals surface area contributed by atoms with Crippen LogP contribution in [0, 0.1) is 5.82 Å². The maximum atomic E-state index is 12.7. The Morgan fingerprint density at radius 3 is 2.37 bits per heavy atom. The van der Waals surface area contributed by atoms with Crippen LogP contribution in [0.3, 0.4) is 0 Å². The molecule has 0 bridgehead atoms. The molecule has 1 rings (SSSR count). The van der Waals surface area contributed by atoms with Crippen molar-refractivity contribution in [3.63, 3.8) is 0 Å². The van der Waals surface area contributed by atoms with Crippen LogP contribution in [0.25, 0.3) is 0 Å². The zero-order chi connectivity index (χ0) is 14.3. The van der Waals surface area contributed by atoms with Gasteiger partial charge in [0.05, 0.1) is 12.9 Å². The van der Waals surface area contributed by atoms with Crippen molar-refractivity contribution in [2.75, 3.05) is 26.1 Å². The van der Waals surface area contributed by atoms with E-state index in [1.807, 2.05) is 0 Å². The first kappa shape index (κ1) is 15.9. The van der Waals surface area contributed by atoms with Gasteiger partial charge in [0.15, 0.2) is 0 Å². The summed E-state index contributed by atoms with van der Waals surface area (Å²) in [4.78, 5) is 0. The predicted molar refractivity (Wildman–Crippen MR) is 68.1 cm³/mol. The summed E-state index contributed by atoms with van der Waals surface area (Å²) in [6.45, 7) is 2.34. The second-order valence-corrected chi connectivity index (χ2v) is 5.45. The minimum Gasteiger partial charge on any atom is -0.491 e. The van der Waals surface area contributed by atoms with E-state index in [2.05, 4.69) is 0 Å². The molecule has 0 aliphatic rings. The van der Waals surface area contributed by atoms with Crippen molar-refractivity contribution < 1.29 is 26.5 Å². The SMILES string of the molecule is CCOCC(COc1ccc(F)cc1)OS(C)(=O)=O. The van der Waals surface area contributed by atoms with Gasteiger partial charge >= 0.3 is 0 Å². The summed E-state index contributed by atoms with van der Waals surface area (Å²) in [6.07, 6.45) is 0.226. The predicted octanol–water partition coefficient (Wildman–Crippen LogP) is 1.59. The van der Waals surface area contributed by atoms with Crippen LogP contribution in [0.1, 0.15) is 6.92 Å². The minimum atomic E-state index is -3.58. The molecule has 0 aromatic heterocycles. The molecule has 0 heterocycles. The fourth-order valence-corrected chi connectivity index (χ4v) is 1.93. The van der Waals surface area contributed by atoms with E-state index in [0.29, 0.717) is 12.4 Å². The lowest BCUT2D eigenvalue weighted by Gasteiger charge is -2.16. The third-order valence-corrected chi connectivity index (χ3v) is 2.69. The topological polar surface area (TPSA) is 61.8 Å². The number of rotatable bonds is 8. The van der Waals surface area contributed by atoms with E-state index in [1.165, 1.54) is 24.3 Å². The molecule has 19 heavy (non-hydrogen) atoms. The molecule has 1 aromatic carbocycles. The Balaban J connectivity index is 2.54. The lowest BCUT2D eigenvalue weighted by Crippen LogP contribution is -2.29. The first-order valence-corrected chi connectivity index (χ1v) is 7.56. The van der Waals surface area contributed by atoms with Crippen LogP contribution in [0.4, 0.5) is 4.39 Å². The van der Waals surface area contributed by atoms with Crippen molar-refractivity contribution >= 4 is 10.1 Å². The third kappa shape index (κ3) is 7.09. The van der Waals surface area contributed by atoms with E-state index in [9.17, 15) is 12.8 Å². The van der Waals surface area contributed by atoms with Crippen molar-refractivity contribution in [3.05, 3.63) is 30.1 Å². The van der Waals surface area contributed by atoms with E-state index in [4.69, 9.17) is 13.7 Å². The second kappa shape index (κ2) is 7.42. The zero-order valence-corrected chi connectivity index (χ0v) is 11.7. The maximum Gasteiger partial charge on any atom is 0.264 e. The normalized spacial score (nSPS) is 13.2. The summed E-state index contributed by atoms with van der Waals surface area (Å²) in [5.74, 6) is 0.0607. The quantitative estimate of drug-likeness (QED) is 0.681. The van der Waals surface area contributed by atoms with E-state index < -0.39 is 16.2 Å². The van der Waals surface area contributed by atoms with E-state index in [-0.39, 0.29) is 19.0 Å². The highest BCUT2D eigenvalue weighted by Crippen LogP contribution is 2.12. The Labute approximate surface area is 112 Å². The lowest BCUT2D eigenvalue weighted by molar-refractivity contribution is 0.0345. The molecule has 0 N–H and O–H groups in total. The van der Waals surface area contributed by atoms with Crippen LogP contribution >= 0.6 is 0 Å². The summed E-state index contributed by atoms with van der Waals surface area (Å²) in [6, 6.07) is 5.41. The van der Waals surface area contributed by atoms with Crippen LogP contribution in [0.5, 0.6) is 5.75 Å². The van der Waals surface area contributed by atoms with Gasteiger partial charge in [-0.2, -0.15) is 8.42 Å². The van der Waals surface area contributed by atoms with Crippen LogP contribution in [0.15, 0.2) is 24.3 Å². The number of hydrogen-bond donors (Lipinski definition) is 0. The Morgan fingerprint density at radius 2 is 1.84 bits per heavy atom. The van der Waals surface area contributed by atoms with Crippen molar-refractivity contribution in [3.8, 4) is 5.75 Å². The lowest BCUT2D eigenvalue weighted by atomic mass is 10.3. The van der Waals surface area contributed by atoms with Gasteiger partial charge in [0.2, 0.25) is 0 Å². The molecule has 0 amide bonds. The summed E-state index contributed by atoms with van der Waals surface area (Å²) in [5.41, 5.74) is 0. The first-order chi connectivity index (χ1) is 8.90. The highest BCUT2D eigenvalue weighted by Gasteiger charge is 2.16. The van der Waals surface area contributed by atoms with Gasteiger partial charge in [-0.15, -0.1) is 0 Å². The monoisotopic (exact) mass is 292 g/mol. The fraction of sp³-hybridized carbons (Fsp3) is 0.500. The molecule has 0 aliphatic carbocycles. The molecule has 0 fully saturated rings. The molecule has 1 atom stereocenters. The van der Waals surface area contributed by atoms with Crippen molar-refractivity contribution in [2.45, 2.75) is 13.0 Å². The van der Waals surface area contributed by atoms with Gasteiger partial charge in [-0.1, -0.05) is 0 Å². The van der Waals surface area contributed by atoms with E-state index in [0.717, 1.165) is 6.26 Å². The molecule has 0 saturated heterocycles. The summed E-state index contributed by atoms with van der Waals surface area (Å²) in [5, 5.41) is 0. The molecular formula is C12H17FO5S. The summed E-state index contributed by atoms with van der Waals surface area (Å²) >= 11 is 0. The number of ether oxygens (including phenoxy) is 2. The highest BCUT2D eigenvalue weighted by atomic mass is 32.2. The van der Waals surface area contributed by atoms with Gasteiger partial charge in [-0.3, -0.25) is 4.18 Å². The van der Waals surface area contributed by atoms with Crippen LogP contribution < -0.4 is 4.74 Å². The van der Waals surface area contributed by atoms with Crippen LogP contribution in [0.2, 0.25) is 0 Å². The largest absolute Gasteiger partial charge is 0.491 e. The molecule has 7 heteroatoms. The number of benzene rings is 1. The van der Waals surface area contributed by atoms with E-state index in [1.54, 1.807) is 6.92 Å². The Hall–Kier alpha value is -1.18. The highest BCUT2D eigenvalue weighted by molar-refractivity contribution is 7.86. The number of halogens is 1. The zero-order valence-electron chi connectivity index (χ0n) is 10.8. The van der Waals surface area contributed by atoms with Crippen LogP contribution in [-0.2, 0) is 19.0 Å². The van der Waals surface area contributed by atoms with Crippen LogP contribution in [-0.4, -0.2) is 40.6 Å². The smallest absolute Gasteiger partial charge is 0.264 e. The van der Waals surface area contributed by atoms with E-state index >= 15 is 0 Å². The molecule has 0 aliphatic heterocycles. The fourth-order valence-electron chi connectivity index (χ4n) is 1.32. The molecule has 0 spiro atoms. The molecule has 1 unspecified atom stereocenters. The third-order valence-electron chi connectivity index (χ3n) is 2.07. The standard InChI is InChI=1S/C12H17FO5S/c1-3-16-8-12(18-19(2,14)15)9-17-11-6-4-10(13)5-7-11/h4-7,12H,3,8-9H2,1-2H3. The number of hydrogen-bond acceptors (Lipinski definition) is 5. The molecule has 1 aromatic rings. The second-order valence-electron chi connectivity index (χ2n) is 3.85. The molecule has 0 radical (unpaired) electrons. The van der Waals surface area contributed by atoms with Crippen molar-refractivity contribution in [2.24, 2.45) is 0 Å². The summed E-state index contributed by atoms with van der Waals surface area (Å²) < 4.78 is 50.1. The van der Waals surface area contributed by atoms with Crippen molar-refractivity contribution in [1.29, 1.82) is 0 Å². The average molecular weight is 292 g/mol. The van der Waals surface area contributed by atoms with Gasteiger partial charge in [0.25, 0.3) is 10.1 Å². The van der Waals surface area contributed by atoms with Gasteiger partial charge in [0.1, 0.15) is 24.3 Å². The molecular weight excluding hydrogens is 275 g/mol. The first-order valence-electron chi connectivity index (χ1n) is 5.75. The van der Waals surface area contributed by atoms with Gasteiger partial charge in [-0.05, 0) is 31.2 Å². The Kier molecular flexibility index (Phi) is 6.20. The average Bonchev–Trinajstić information content (AvgIpc) is 2.33. The van der Waals surface area contributed by atoms with Gasteiger partial charge < -0.3 is 9.47 Å². The Morgan fingerprint density at radius 1 is 1.21 bits per heavy atom. The molecule has 5 nitrogen and oxygen atoms in total. The Bertz CT molecular complexity index is 471. The van der Waals surface area contributed by atoms with Gasteiger partial charge in [-0.25, -0.2) is 4.39 Å². The van der Waals surface area contributed by atoms with Gasteiger partial charge in [0, 0.05) is 6.61 Å². The molecule has 108 valence electrons. The van der Waals surface area contributed by atoms with Crippen molar-refractivity contribution in [1.82, 2.24) is 0 Å². The summed E-state index contributed by atoms with van der Waals surface area (Å²) in [7, 11) is -3.58.